The summed E-state index contributed by atoms with van der Waals surface area (Å²) in [6.07, 6.45) is 1.60. The molecule has 1 rings (SSSR count). The van der Waals surface area contributed by atoms with E-state index in [0.29, 0.717) is 17.0 Å². The number of nitrogens with one attached hydrogen (secondary N) is 1. The number of nitrogens with two attached hydrogens (primary N) is 1. The predicted molar refractivity (Wildman–Crippen MR) is 82.1 cm³/mol. The van der Waals surface area contributed by atoms with E-state index >= 15 is 0 Å². The highest BCUT2D eigenvalue weighted by atomic mass is 79.9. The monoisotopic (exact) mass is 348 g/mol. The molecule has 1 amide bonds. The molecule has 18 heavy (non-hydrogen) atoms. The number of amides is 1. The van der Waals surface area contributed by atoms with Crippen LogP contribution in [0.1, 0.15) is 30.1 Å². The average Bonchev–Trinajstić information content (AvgIpc) is 2.31. The van der Waals surface area contributed by atoms with Gasteiger partial charge in [0.25, 0.3) is 5.91 Å². The molecule has 6 heteroatoms. The van der Waals surface area contributed by atoms with Crippen molar-refractivity contribution < 1.29 is 4.79 Å². The summed E-state index contributed by atoms with van der Waals surface area (Å²) in [5, 5.41) is 3.19. The SMILES string of the molecule is CCCC(NC(=O)c1cc(Br)ccc1Cl)C(N)=S. The third-order valence-electron chi connectivity index (χ3n) is 2.40. The highest BCUT2D eigenvalue weighted by Crippen LogP contribution is 2.21. The van der Waals surface area contributed by atoms with Crippen molar-refractivity contribution in [3.8, 4) is 0 Å². The van der Waals surface area contributed by atoms with Crippen molar-refractivity contribution in [3.05, 3.63) is 33.3 Å². The number of rotatable bonds is 5. The summed E-state index contributed by atoms with van der Waals surface area (Å²) in [5.74, 6) is -0.271. The summed E-state index contributed by atoms with van der Waals surface area (Å²) in [4.78, 5) is 12.4. The minimum Gasteiger partial charge on any atom is -0.392 e. The molecule has 0 heterocycles. The quantitative estimate of drug-likeness (QED) is 0.802. The van der Waals surface area contributed by atoms with Crippen molar-refractivity contribution in [3.63, 3.8) is 0 Å². The number of hydrogen-bond acceptors (Lipinski definition) is 2. The Hall–Kier alpha value is -0.650. The Morgan fingerprint density at radius 3 is 2.83 bits per heavy atom. The minimum absolute atomic E-state index is 0.271. The average molecular weight is 350 g/mol. The van der Waals surface area contributed by atoms with E-state index in [0.717, 1.165) is 10.9 Å². The van der Waals surface area contributed by atoms with Gasteiger partial charge in [-0.05, 0) is 24.6 Å². The molecule has 0 aromatic heterocycles. The fourth-order valence-corrected chi connectivity index (χ4v) is 2.22. The van der Waals surface area contributed by atoms with Crippen molar-refractivity contribution in [2.24, 2.45) is 5.73 Å². The zero-order valence-electron chi connectivity index (χ0n) is 9.87. The Morgan fingerprint density at radius 1 is 1.61 bits per heavy atom. The van der Waals surface area contributed by atoms with Gasteiger partial charge < -0.3 is 11.1 Å². The summed E-state index contributed by atoms with van der Waals surface area (Å²) < 4.78 is 0.791. The number of benzene rings is 1. The third-order valence-corrected chi connectivity index (χ3v) is 3.51. The molecule has 3 N–H and O–H groups in total. The molecule has 1 aromatic carbocycles. The Balaban J connectivity index is 2.86. The molecule has 0 saturated heterocycles. The van der Waals surface area contributed by atoms with Crippen molar-refractivity contribution in [1.29, 1.82) is 0 Å². The maximum atomic E-state index is 12.1. The Morgan fingerprint density at radius 2 is 2.28 bits per heavy atom. The van der Waals surface area contributed by atoms with Crippen LogP contribution in [0, 0.1) is 0 Å². The maximum absolute atomic E-state index is 12.1. The van der Waals surface area contributed by atoms with E-state index in [4.69, 9.17) is 29.6 Å². The molecule has 1 unspecified atom stereocenters. The number of halogens is 2. The van der Waals surface area contributed by atoms with Gasteiger partial charge in [-0.3, -0.25) is 4.79 Å². The van der Waals surface area contributed by atoms with Crippen molar-refractivity contribution in [2.75, 3.05) is 0 Å². The van der Waals surface area contributed by atoms with Crippen molar-refractivity contribution in [2.45, 2.75) is 25.8 Å². The molecule has 1 atom stereocenters. The van der Waals surface area contributed by atoms with E-state index in [-0.39, 0.29) is 16.9 Å². The lowest BCUT2D eigenvalue weighted by molar-refractivity contribution is 0.0946. The van der Waals surface area contributed by atoms with Gasteiger partial charge in [-0.15, -0.1) is 0 Å². The lowest BCUT2D eigenvalue weighted by Crippen LogP contribution is -2.43. The van der Waals surface area contributed by atoms with Crippen LogP contribution >= 0.6 is 39.7 Å². The van der Waals surface area contributed by atoms with E-state index in [1.54, 1.807) is 18.2 Å². The van der Waals surface area contributed by atoms with Crippen LogP contribution < -0.4 is 11.1 Å². The standard InChI is InChI=1S/C12H14BrClN2OS/c1-2-3-10(11(15)18)16-12(17)8-6-7(13)4-5-9(8)14/h4-6,10H,2-3H2,1H3,(H2,15,18)(H,16,17). The van der Waals surface area contributed by atoms with Crippen LogP contribution in [0.2, 0.25) is 5.02 Å². The molecule has 98 valence electrons. The van der Waals surface area contributed by atoms with E-state index < -0.39 is 0 Å². The first-order valence-corrected chi connectivity index (χ1v) is 7.08. The zero-order chi connectivity index (χ0) is 13.7. The van der Waals surface area contributed by atoms with Gasteiger partial charge >= 0.3 is 0 Å². The smallest absolute Gasteiger partial charge is 0.253 e. The van der Waals surface area contributed by atoms with Gasteiger partial charge in [-0.1, -0.05) is 53.1 Å². The molecule has 0 spiro atoms. The number of hydrogen-bond donors (Lipinski definition) is 2. The van der Waals surface area contributed by atoms with Gasteiger partial charge in [0.15, 0.2) is 0 Å². The molecule has 3 nitrogen and oxygen atoms in total. The van der Waals surface area contributed by atoms with Crippen molar-refractivity contribution >= 4 is 50.6 Å². The fraction of sp³-hybridized carbons (Fsp3) is 0.333. The Labute approximate surface area is 125 Å². The van der Waals surface area contributed by atoms with Crippen LogP contribution in [-0.4, -0.2) is 16.9 Å². The summed E-state index contributed by atoms with van der Waals surface area (Å²) in [7, 11) is 0. The predicted octanol–water partition coefficient (Wildman–Crippen LogP) is 3.29. The highest BCUT2D eigenvalue weighted by molar-refractivity contribution is 9.10. The summed E-state index contributed by atoms with van der Waals surface area (Å²) in [6, 6.07) is 4.81. The lowest BCUT2D eigenvalue weighted by atomic mass is 10.1. The van der Waals surface area contributed by atoms with Crippen LogP contribution in [0.25, 0.3) is 0 Å². The van der Waals surface area contributed by atoms with Crippen LogP contribution in [0.5, 0.6) is 0 Å². The first-order valence-electron chi connectivity index (χ1n) is 5.51. The van der Waals surface area contributed by atoms with Gasteiger partial charge in [-0.25, -0.2) is 0 Å². The first-order chi connectivity index (χ1) is 8.45. The molecule has 0 fully saturated rings. The minimum atomic E-state index is -0.299. The molecule has 0 radical (unpaired) electrons. The molecule has 0 saturated carbocycles. The second-order valence-corrected chi connectivity index (χ2v) is 5.64. The number of carbonyl (C=O) groups is 1. The van der Waals surface area contributed by atoms with Crippen LogP contribution in [0.4, 0.5) is 0 Å². The molecule has 1 aromatic rings. The number of carbonyl (C=O) groups excluding carboxylic acids is 1. The van der Waals surface area contributed by atoms with Crippen LogP contribution in [0.15, 0.2) is 22.7 Å². The summed E-state index contributed by atoms with van der Waals surface area (Å²) >= 11 is 14.2. The van der Waals surface area contributed by atoms with Gasteiger partial charge in [-0.2, -0.15) is 0 Å². The largest absolute Gasteiger partial charge is 0.392 e. The molecular formula is C12H14BrClN2OS. The zero-order valence-corrected chi connectivity index (χ0v) is 13.0. The van der Waals surface area contributed by atoms with E-state index in [9.17, 15) is 4.79 Å². The Kier molecular flexibility index (Phi) is 6.05. The van der Waals surface area contributed by atoms with Gasteiger partial charge in [0.05, 0.1) is 21.6 Å². The molecular weight excluding hydrogens is 336 g/mol. The van der Waals surface area contributed by atoms with Crippen LogP contribution in [0.3, 0.4) is 0 Å². The maximum Gasteiger partial charge on any atom is 0.253 e. The third kappa shape index (κ3) is 4.23. The van der Waals surface area contributed by atoms with Gasteiger partial charge in [0, 0.05) is 4.47 Å². The highest BCUT2D eigenvalue weighted by Gasteiger charge is 2.17. The summed E-state index contributed by atoms with van der Waals surface area (Å²) in [6.45, 7) is 2.00. The first kappa shape index (κ1) is 15.4. The van der Waals surface area contributed by atoms with Crippen molar-refractivity contribution in [1.82, 2.24) is 5.32 Å². The number of thiocarbonyl (C=S) groups is 1. The Bertz CT molecular complexity index is 467. The lowest BCUT2D eigenvalue weighted by Gasteiger charge is -2.17. The van der Waals surface area contributed by atoms with Crippen LogP contribution in [-0.2, 0) is 0 Å². The second-order valence-electron chi connectivity index (χ2n) is 3.84. The molecule has 0 aliphatic heterocycles. The normalized spacial score (nSPS) is 11.9. The molecule has 0 aliphatic rings. The van der Waals surface area contributed by atoms with E-state index in [1.807, 2.05) is 6.92 Å². The topological polar surface area (TPSA) is 55.1 Å². The molecule has 0 bridgehead atoms. The fourth-order valence-electron chi connectivity index (χ4n) is 1.48. The molecule has 0 aliphatic carbocycles. The van der Waals surface area contributed by atoms with E-state index in [1.165, 1.54) is 0 Å². The van der Waals surface area contributed by atoms with Gasteiger partial charge in [0.1, 0.15) is 0 Å². The van der Waals surface area contributed by atoms with E-state index in [2.05, 4.69) is 21.2 Å². The van der Waals surface area contributed by atoms with Gasteiger partial charge in [0.2, 0.25) is 0 Å². The second kappa shape index (κ2) is 7.07. The summed E-state index contributed by atoms with van der Waals surface area (Å²) in [5.41, 5.74) is 6.00.